The van der Waals surface area contributed by atoms with Crippen molar-refractivity contribution in [3.8, 4) is 0 Å². The minimum Gasteiger partial charge on any atom is -0.322 e. The number of hydrogen-bond donors (Lipinski definition) is 1. The Morgan fingerprint density at radius 1 is 1.42 bits per heavy atom. The van der Waals surface area contributed by atoms with Crippen molar-refractivity contribution in [2.75, 3.05) is 0 Å². The van der Waals surface area contributed by atoms with Crippen molar-refractivity contribution >= 4 is 32.9 Å². The average Bonchev–Trinajstić information content (AvgIpc) is 3.01. The zero-order chi connectivity index (χ0) is 13.4. The average molecular weight is 291 g/mol. The van der Waals surface area contributed by atoms with Gasteiger partial charge in [-0.3, -0.25) is 9.36 Å². The van der Waals surface area contributed by atoms with Crippen LogP contribution in [0.2, 0.25) is 0 Å². The topological polar surface area (TPSA) is 60.9 Å². The standard InChI is InChI=1S/C13H13N3OS2/c1-8-2-3-11(19-8)10(14)6-16-7-15-12-9(13(16)17)4-5-18-12/h2-5,7,10H,6,14H2,1H3. The first-order chi connectivity index (χ1) is 9.15. The molecule has 0 saturated heterocycles. The molecule has 6 heteroatoms. The maximum Gasteiger partial charge on any atom is 0.262 e. The van der Waals surface area contributed by atoms with Gasteiger partial charge in [-0.15, -0.1) is 22.7 Å². The first kappa shape index (κ1) is 12.5. The molecule has 0 bridgehead atoms. The number of aryl methyl sites for hydroxylation is 1. The number of fused-ring (bicyclic) bond motifs is 1. The van der Waals surface area contributed by atoms with Crippen LogP contribution in [-0.2, 0) is 6.54 Å². The predicted octanol–water partition coefficient (Wildman–Crippen LogP) is 2.53. The Hall–Kier alpha value is -1.50. The number of aromatic nitrogens is 2. The van der Waals surface area contributed by atoms with Crippen molar-refractivity contribution in [3.05, 3.63) is 50.0 Å². The summed E-state index contributed by atoms with van der Waals surface area (Å²) in [5, 5.41) is 2.55. The SMILES string of the molecule is Cc1ccc(C(N)Cn2cnc3sccc3c2=O)s1. The molecule has 0 aliphatic heterocycles. The minimum atomic E-state index is -0.172. The van der Waals surface area contributed by atoms with Crippen LogP contribution in [-0.4, -0.2) is 9.55 Å². The maximum absolute atomic E-state index is 12.2. The fraction of sp³-hybridized carbons (Fsp3) is 0.231. The molecule has 3 aromatic heterocycles. The van der Waals surface area contributed by atoms with Crippen molar-refractivity contribution in [1.29, 1.82) is 0 Å². The van der Waals surface area contributed by atoms with E-state index in [-0.39, 0.29) is 11.6 Å². The Morgan fingerprint density at radius 3 is 3.00 bits per heavy atom. The largest absolute Gasteiger partial charge is 0.322 e. The molecule has 98 valence electrons. The Kier molecular flexibility index (Phi) is 3.22. The van der Waals surface area contributed by atoms with Crippen LogP contribution in [0.15, 0.2) is 34.7 Å². The van der Waals surface area contributed by atoms with Crippen molar-refractivity contribution in [1.82, 2.24) is 9.55 Å². The van der Waals surface area contributed by atoms with Crippen LogP contribution >= 0.6 is 22.7 Å². The molecule has 19 heavy (non-hydrogen) atoms. The molecule has 3 aromatic rings. The van der Waals surface area contributed by atoms with Crippen molar-refractivity contribution < 1.29 is 0 Å². The monoisotopic (exact) mass is 291 g/mol. The molecule has 0 aliphatic rings. The van der Waals surface area contributed by atoms with Crippen LogP contribution in [0.25, 0.3) is 10.2 Å². The van der Waals surface area contributed by atoms with Gasteiger partial charge in [-0.2, -0.15) is 0 Å². The van der Waals surface area contributed by atoms with Gasteiger partial charge >= 0.3 is 0 Å². The van der Waals surface area contributed by atoms with Crippen LogP contribution in [0.1, 0.15) is 15.8 Å². The molecular formula is C13H13N3OS2. The first-order valence-corrected chi connectivity index (χ1v) is 7.59. The Balaban J connectivity index is 1.93. The number of rotatable bonds is 3. The maximum atomic E-state index is 12.2. The highest BCUT2D eigenvalue weighted by Gasteiger charge is 2.12. The molecule has 0 saturated carbocycles. The number of nitrogens with zero attached hydrogens (tertiary/aromatic N) is 2. The number of hydrogen-bond acceptors (Lipinski definition) is 5. The van der Waals surface area contributed by atoms with Gasteiger partial charge in [0.1, 0.15) is 4.83 Å². The van der Waals surface area contributed by atoms with Crippen LogP contribution in [0.4, 0.5) is 0 Å². The van der Waals surface area contributed by atoms with E-state index >= 15 is 0 Å². The molecule has 3 heterocycles. The Bertz CT molecular complexity index is 771. The zero-order valence-corrected chi connectivity index (χ0v) is 12.0. The molecular weight excluding hydrogens is 278 g/mol. The summed E-state index contributed by atoms with van der Waals surface area (Å²) >= 11 is 3.14. The molecule has 1 atom stereocenters. The fourth-order valence-electron chi connectivity index (χ4n) is 1.98. The highest BCUT2D eigenvalue weighted by atomic mass is 32.1. The Labute approximate surface area is 118 Å². The molecule has 2 N–H and O–H groups in total. The summed E-state index contributed by atoms with van der Waals surface area (Å²) in [7, 11) is 0. The second-order valence-electron chi connectivity index (χ2n) is 4.40. The van der Waals surface area contributed by atoms with Crippen LogP contribution < -0.4 is 11.3 Å². The highest BCUT2D eigenvalue weighted by molar-refractivity contribution is 7.16. The summed E-state index contributed by atoms with van der Waals surface area (Å²) in [6, 6.07) is 5.70. The highest BCUT2D eigenvalue weighted by Crippen LogP contribution is 2.22. The third kappa shape index (κ3) is 2.34. The molecule has 0 aromatic carbocycles. The molecule has 0 amide bonds. The summed E-state index contributed by atoms with van der Waals surface area (Å²) in [5.74, 6) is 0. The smallest absolute Gasteiger partial charge is 0.262 e. The fourth-order valence-corrected chi connectivity index (χ4v) is 3.57. The van der Waals surface area contributed by atoms with Gasteiger partial charge in [0.15, 0.2) is 0 Å². The summed E-state index contributed by atoms with van der Waals surface area (Å²) < 4.78 is 1.59. The third-order valence-electron chi connectivity index (χ3n) is 2.97. The van der Waals surface area contributed by atoms with E-state index < -0.39 is 0 Å². The van der Waals surface area contributed by atoms with Gasteiger partial charge in [0.2, 0.25) is 0 Å². The van der Waals surface area contributed by atoms with E-state index in [1.165, 1.54) is 16.2 Å². The van der Waals surface area contributed by atoms with Crippen LogP contribution in [0, 0.1) is 6.92 Å². The lowest BCUT2D eigenvalue weighted by Gasteiger charge is -2.11. The molecule has 4 nitrogen and oxygen atoms in total. The van der Waals surface area contributed by atoms with Gasteiger partial charge in [0.05, 0.1) is 17.8 Å². The third-order valence-corrected chi connectivity index (χ3v) is 4.92. The molecule has 0 spiro atoms. The van der Waals surface area contributed by atoms with Crippen LogP contribution in [0.3, 0.4) is 0 Å². The van der Waals surface area contributed by atoms with E-state index in [0.29, 0.717) is 11.9 Å². The van der Waals surface area contributed by atoms with E-state index in [1.807, 2.05) is 30.5 Å². The molecule has 1 unspecified atom stereocenters. The second kappa shape index (κ2) is 4.88. The van der Waals surface area contributed by atoms with Gasteiger partial charge in [-0.05, 0) is 30.5 Å². The quantitative estimate of drug-likeness (QED) is 0.806. The van der Waals surface area contributed by atoms with Gasteiger partial charge in [-0.1, -0.05) is 0 Å². The molecule has 0 fully saturated rings. The van der Waals surface area contributed by atoms with Gasteiger partial charge in [0.25, 0.3) is 5.56 Å². The summed E-state index contributed by atoms with van der Waals surface area (Å²) in [6.45, 7) is 2.50. The number of nitrogens with two attached hydrogens (primary N) is 1. The Morgan fingerprint density at radius 2 is 2.26 bits per heavy atom. The van der Waals surface area contributed by atoms with Gasteiger partial charge in [0, 0.05) is 16.3 Å². The van der Waals surface area contributed by atoms with E-state index in [0.717, 1.165) is 9.71 Å². The van der Waals surface area contributed by atoms with Crippen molar-refractivity contribution in [2.45, 2.75) is 19.5 Å². The molecule has 0 aliphatic carbocycles. The number of thiophene rings is 2. The van der Waals surface area contributed by atoms with Crippen molar-refractivity contribution in [2.24, 2.45) is 5.73 Å². The second-order valence-corrected chi connectivity index (χ2v) is 6.61. The first-order valence-electron chi connectivity index (χ1n) is 5.89. The van der Waals surface area contributed by atoms with Gasteiger partial charge < -0.3 is 5.73 Å². The molecule has 0 radical (unpaired) electrons. The normalized spacial score (nSPS) is 12.9. The summed E-state index contributed by atoms with van der Waals surface area (Å²) in [4.78, 5) is 19.6. The lowest BCUT2D eigenvalue weighted by Crippen LogP contribution is -2.26. The summed E-state index contributed by atoms with van der Waals surface area (Å²) in [6.07, 6.45) is 1.58. The molecule has 3 rings (SSSR count). The minimum absolute atomic E-state index is 0.0185. The van der Waals surface area contributed by atoms with E-state index in [4.69, 9.17) is 5.73 Å². The lowest BCUT2D eigenvalue weighted by atomic mass is 10.2. The zero-order valence-electron chi connectivity index (χ0n) is 10.4. The van der Waals surface area contributed by atoms with E-state index in [2.05, 4.69) is 4.98 Å². The van der Waals surface area contributed by atoms with Crippen LogP contribution in [0.5, 0.6) is 0 Å². The lowest BCUT2D eigenvalue weighted by molar-refractivity contribution is 0.565. The summed E-state index contributed by atoms with van der Waals surface area (Å²) in [5.41, 5.74) is 6.14. The van der Waals surface area contributed by atoms with E-state index in [1.54, 1.807) is 22.2 Å². The predicted molar refractivity (Wildman–Crippen MR) is 79.9 cm³/mol. The van der Waals surface area contributed by atoms with Crippen molar-refractivity contribution in [3.63, 3.8) is 0 Å². The van der Waals surface area contributed by atoms with E-state index in [9.17, 15) is 4.79 Å². The van der Waals surface area contributed by atoms with Gasteiger partial charge in [-0.25, -0.2) is 4.98 Å².